The second-order valence-corrected chi connectivity index (χ2v) is 8.34. The molecule has 0 aliphatic rings. The number of rotatable bonds is 7. The summed E-state index contributed by atoms with van der Waals surface area (Å²) in [6.45, 7) is 1.87. The Bertz CT molecular complexity index is 1300. The number of aromatic nitrogens is 2. The van der Waals surface area contributed by atoms with E-state index in [2.05, 4.69) is 5.32 Å². The van der Waals surface area contributed by atoms with E-state index in [4.69, 9.17) is 30.8 Å². The second-order valence-electron chi connectivity index (χ2n) is 7.10. The summed E-state index contributed by atoms with van der Waals surface area (Å²) in [5.41, 5.74) is 3.82. The van der Waals surface area contributed by atoms with Crippen LogP contribution < -0.4 is 19.5 Å². The molecule has 0 saturated carbocycles. The van der Waals surface area contributed by atoms with Crippen LogP contribution in [0.2, 0.25) is 5.02 Å². The molecule has 32 heavy (non-hydrogen) atoms. The van der Waals surface area contributed by atoms with Crippen molar-refractivity contribution in [3.63, 3.8) is 0 Å². The molecule has 0 unspecified atom stereocenters. The first-order valence-corrected chi connectivity index (χ1v) is 11.0. The van der Waals surface area contributed by atoms with Gasteiger partial charge in [-0.2, -0.15) is 0 Å². The molecule has 0 aliphatic heterocycles. The summed E-state index contributed by atoms with van der Waals surface area (Å²) in [7, 11) is 4.77. The number of nitrogens with zero attached hydrogens (tertiary/aromatic N) is 2. The van der Waals surface area contributed by atoms with Gasteiger partial charge >= 0.3 is 0 Å². The molecule has 1 amide bonds. The second kappa shape index (κ2) is 9.10. The van der Waals surface area contributed by atoms with Gasteiger partial charge in [0.05, 0.1) is 39.1 Å². The van der Waals surface area contributed by atoms with Crippen LogP contribution in [0.25, 0.3) is 16.2 Å². The van der Waals surface area contributed by atoms with Gasteiger partial charge in [0.1, 0.15) is 17.2 Å². The van der Waals surface area contributed by atoms with Crippen molar-refractivity contribution in [2.24, 2.45) is 0 Å². The highest BCUT2D eigenvalue weighted by Gasteiger charge is 2.17. The van der Waals surface area contributed by atoms with E-state index in [-0.39, 0.29) is 12.3 Å². The smallest absolute Gasteiger partial charge is 0.230 e. The van der Waals surface area contributed by atoms with Gasteiger partial charge in [0, 0.05) is 33.9 Å². The Kier molecular flexibility index (Phi) is 6.25. The molecule has 0 aliphatic carbocycles. The van der Waals surface area contributed by atoms with Crippen LogP contribution in [0.3, 0.4) is 0 Å². The number of fused-ring (bicyclic) bond motifs is 1. The SMILES string of the molecule is COc1ccc(OC)c(-c2cn3c(CC(=O)Nc4cc(C)c(Cl)cc4OC)csc3n2)c1. The van der Waals surface area contributed by atoms with E-state index in [0.717, 1.165) is 27.5 Å². The number of ether oxygens (including phenoxy) is 3. The minimum Gasteiger partial charge on any atom is -0.497 e. The summed E-state index contributed by atoms with van der Waals surface area (Å²) in [5.74, 6) is 1.75. The van der Waals surface area contributed by atoms with Gasteiger partial charge in [-0.25, -0.2) is 4.98 Å². The first-order chi connectivity index (χ1) is 15.4. The summed E-state index contributed by atoms with van der Waals surface area (Å²) >= 11 is 7.63. The highest BCUT2D eigenvalue weighted by atomic mass is 35.5. The van der Waals surface area contributed by atoms with Crippen LogP contribution in [0.15, 0.2) is 41.9 Å². The van der Waals surface area contributed by atoms with Crippen LogP contribution in [0.4, 0.5) is 5.69 Å². The van der Waals surface area contributed by atoms with E-state index in [1.165, 1.54) is 11.3 Å². The van der Waals surface area contributed by atoms with Crippen LogP contribution in [0, 0.1) is 6.92 Å². The van der Waals surface area contributed by atoms with Gasteiger partial charge in [0.2, 0.25) is 5.91 Å². The number of hydrogen-bond donors (Lipinski definition) is 1. The molecule has 1 N–H and O–H groups in total. The maximum Gasteiger partial charge on any atom is 0.230 e. The molecule has 4 aromatic rings. The maximum absolute atomic E-state index is 12.8. The summed E-state index contributed by atoms with van der Waals surface area (Å²) in [6.07, 6.45) is 2.08. The number of anilines is 1. The van der Waals surface area contributed by atoms with E-state index < -0.39 is 0 Å². The highest BCUT2D eigenvalue weighted by Crippen LogP contribution is 2.34. The van der Waals surface area contributed by atoms with Crippen molar-refractivity contribution in [3.8, 4) is 28.5 Å². The predicted molar refractivity (Wildman–Crippen MR) is 127 cm³/mol. The zero-order valence-corrected chi connectivity index (χ0v) is 19.6. The Morgan fingerprint density at radius 3 is 2.62 bits per heavy atom. The Labute approximate surface area is 194 Å². The van der Waals surface area contributed by atoms with Gasteiger partial charge < -0.3 is 19.5 Å². The summed E-state index contributed by atoms with van der Waals surface area (Å²) in [4.78, 5) is 18.3. The number of nitrogens with one attached hydrogen (secondary N) is 1. The fourth-order valence-electron chi connectivity index (χ4n) is 3.39. The summed E-state index contributed by atoms with van der Waals surface area (Å²) < 4.78 is 18.1. The van der Waals surface area contributed by atoms with Crippen molar-refractivity contribution in [3.05, 3.63) is 58.2 Å². The van der Waals surface area contributed by atoms with Crippen molar-refractivity contribution in [2.75, 3.05) is 26.6 Å². The van der Waals surface area contributed by atoms with Crippen molar-refractivity contribution in [1.82, 2.24) is 9.38 Å². The number of carbonyl (C=O) groups is 1. The highest BCUT2D eigenvalue weighted by molar-refractivity contribution is 7.15. The largest absolute Gasteiger partial charge is 0.497 e. The molecule has 0 spiro atoms. The van der Waals surface area contributed by atoms with Crippen molar-refractivity contribution in [1.29, 1.82) is 0 Å². The topological polar surface area (TPSA) is 74.1 Å². The minimum absolute atomic E-state index is 0.168. The van der Waals surface area contributed by atoms with E-state index in [1.807, 2.05) is 41.1 Å². The molecule has 7 nitrogen and oxygen atoms in total. The third kappa shape index (κ3) is 4.24. The molecular formula is C23H22ClN3O4S. The maximum atomic E-state index is 12.8. The number of hydrogen-bond acceptors (Lipinski definition) is 6. The van der Waals surface area contributed by atoms with Crippen molar-refractivity contribution < 1.29 is 19.0 Å². The average Bonchev–Trinajstić information content (AvgIpc) is 3.37. The van der Waals surface area contributed by atoms with Crippen LogP contribution in [-0.2, 0) is 11.2 Å². The Morgan fingerprint density at radius 1 is 1.12 bits per heavy atom. The van der Waals surface area contributed by atoms with Gasteiger partial charge in [-0.05, 0) is 36.8 Å². The minimum atomic E-state index is -0.168. The molecule has 4 rings (SSSR count). The van der Waals surface area contributed by atoms with Gasteiger partial charge in [0.25, 0.3) is 0 Å². The van der Waals surface area contributed by atoms with Crippen LogP contribution in [0.1, 0.15) is 11.3 Å². The molecule has 0 atom stereocenters. The molecule has 0 bridgehead atoms. The van der Waals surface area contributed by atoms with E-state index >= 15 is 0 Å². The molecule has 9 heteroatoms. The molecule has 0 fully saturated rings. The number of benzene rings is 2. The third-order valence-electron chi connectivity index (χ3n) is 5.06. The fraction of sp³-hybridized carbons (Fsp3) is 0.217. The molecule has 2 aromatic carbocycles. The number of carbonyl (C=O) groups excluding carboxylic acids is 1. The quantitative estimate of drug-likeness (QED) is 0.399. The number of halogens is 1. The van der Waals surface area contributed by atoms with Crippen molar-refractivity contribution in [2.45, 2.75) is 13.3 Å². The van der Waals surface area contributed by atoms with Crippen LogP contribution in [0.5, 0.6) is 17.2 Å². The first-order valence-electron chi connectivity index (χ1n) is 9.75. The molecular weight excluding hydrogens is 450 g/mol. The first kappa shape index (κ1) is 22.0. The molecule has 0 saturated heterocycles. The fourth-order valence-corrected chi connectivity index (χ4v) is 4.42. The standard InChI is InChI=1S/C23H22ClN3O4S/c1-13-7-18(21(31-4)10-17(13)24)25-22(28)8-14-12-32-23-26-19(11-27(14)23)16-9-15(29-2)5-6-20(16)30-3/h5-7,9-12H,8H2,1-4H3,(H,25,28). The molecule has 2 aromatic heterocycles. The van der Waals surface area contributed by atoms with E-state index in [0.29, 0.717) is 28.0 Å². The lowest BCUT2D eigenvalue weighted by Crippen LogP contribution is -2.16. The predicted octanol–water partition coefficient (Wildman–Crippen LogP) is 5.23. The van der Waals surface area contributed by atoms with Gasteiger partial charge in [-0.3, -0.25) is 9.20 Å². The molecule has 166 valence electrons. The summed E-state index contributed by atoms with van der Waals surface area (Å²) in [6, 6.07) is 9.05. The molecule has 2 heterocycles. The number of imidazole rings is 1. The van der Waals surface area contributed by atoms with Crippen LogP contribution >= 0.6 is 22.9 Å². The number of methoxy groups -OCH3 is 3. The Balaban J connectivity index is 1.60. The Hall–Kier alpha value is -3.23. The zero-order chi connectivity index (χ0) is 22.8. The zero-order valence-electron chi connectivity index (χ0n) is 18.1. The van der Waals surface area contributed by atoms with Gasteiger partial charge in [0.15, 0.2) is 4.96 Å². The van der Waals surface area contributed by atoms with E-state index in [1.54, 1.807) is 33.5 Å². The third-order valence-corrected chi connectivity index (χ3v) is 6.36. The molecule has 0 radical (unpaired) electrons. The number of aryl methyl sites for hydroxylation is 1. The number of amides is 1. The van der Waals surface area contributed by atoms with Gasteiger partial charge in [-0.15, -0.1) is 11.3 Å². The lowest BCUT2D eigenvalue weighted by molar-refractivity contribution is -0.115. The average molecular weight is 472 g/mol. The number of thiazole rings is 1. The Morgan fingerprint density at radius 2 is 1.91 bits per heavy atom. The lowest BCUT2D eigenvalue weighted by Gasteiger charge is -2.12. The van der Waals surface area contributed by atoms with Crippen LogP contribution in [-0.4, -0.2) is 36.6 Å². The lowest BCUT2D eigenvalue weighted by atomic mass is 10.1. The van der Waals surface area contributed by atoms with Crippen molar-refractivity contribution >= 4 is 39.5 Å². The van der Waals surface area contributed by atoms with Gasteiger partial charge in [-0.1, -0.05) is 11.6 Å². The van der Waals surface area contributed by atoms with E-state index in [9.17, 15) is 4.79 Å². The summed E-state index contributed by atoms with van der Waals surface area (Å²) in [5, 5.41) is 5.43. The normalized spacial score (nSPS) is 10.9. The monoisotopic (exact) mass is 471 g/mol.